The monoisotopic (exact) mass is 379 g/mol. The van der Waals surface area contributed by atoms with Crippen molar-refractivity contribution in [2.75, 3.05) is 0 Å². The van der Waals surface area contributed by atoms with Crippen molar-refractivity contribution in [1.82, 2.24) is 0 Å². The lowest BCUT2D eigenvalue weighted by Gasteiger charge is -2.07. The highest BCUT2D eigenvalue weighted by Crippen LogP contribution is 2.31. The number of nitrogens with zero attached hydrogens (tertiary/aromatic N) is 1. The van der Waals surface area contributed by atoms with Gasteiger partial charge in [-0.25, -0.2) is 48.9 Å². The predicted molar refractivity (Wildman–Crippen MR) is 59.8 cm³/mol. The Labute approximate surface area is 130 Å². The molecule has 2 aromatic carbocycles. The highest BCUT2D eigenvalue weighted by Gasteiger charge is 2.31. The molecule has 0 fully saturated rings. The van der Waals surface area contributed by atoms with Crippen molar-refractivity contribution >= 4 is 11.7 Å². The summed E-state index contributed by atoms with van der Waals surface area (Å²) in [6.45, 7) is 0. The highest BCUT2D eigenvalue weighted by molar-refractivity contribution is 5.95. The Balaban J connectivity index is 2.79. The van der Waals surface area contributed by atoms with E-state index < -0.39 is 75.4 Å². The van der Waals surface area contributed by atoms with Crippen LogP contribution in [0.5, 0.6) is 0 Å². The third kappa shape index (κ3) is 2.81. The first-order valence-corrected chi connectivity index (χ1v) is 5.78. The summed E-state index contributed by atoms with van der Waals surface area (Å²) in [5, 5.41) is 0. The van der Waals surface area contributed by atoms with Crippen LogP contribution < -0.4 is 0 Å². The van der Waals surface area contributed by atoms with Gasteiger partial charge >= 0.3 is 0 Å². The molecule has 0 saturated heterocycles. The molecular weight excluding hydrogens is 379 g/mol. The van der Waals surface area contributed by atoms with Crippen molar-refractivity contribution in [2.45, 2.75) is 0 Å². The zero-order chi connectivity index (χ0) is 19.2. The minimum Gasteiger partial charge on any atom is -0.213 e. The van der Waals surface area contributed by atoms with Gasteiger partial charge in [0.2, 0.25) is 17.6 Å². The first-order valence-electron chi connectivity index (χ1n) is 5.78. The maximum Gasteiger partial charge on any atom is 0.227 e. The lowest BCUT2D eigenvalue weighted by molar-refractivity contribution is 0.375. The number of rotatable bonds is 2. The molecule has 0 aliphatic heterocycles. The van der Waals surface area contributed by atoms with Gasteiger partial charge in [-0.05, 0) is 0 Å². The molecule has 1 nitrogen and oxygen atoms in total. The molecule has 0 heterocycles. The molecule has 0 spiro atoms. The maximum absolute atomic E-state index is 13.7. The van der Waals surface area contributed by atoms with Crippen LogP contribution in [0.3, 0.4) is 0 Å². The van der Waals surface area contributed by atoms with Crippen molar-refractivity contribution in [1.29, 1.82) is 0 Å². The van der Waals surface area contributed by atoms with Gasteiger partial charge in [0.05, 0.1) is 0 Å². The fourth-order valence-electron chi connectivity index (χ4n) is 1.63. The summed E-state index contributed by atoms with van der Waals surface area (Å²) in [6, 6.07) is 0. The molecule has 0 bridgehead atoms. The summed E-state index contributed by atoms with van der Waals surface area (Å²) in [4.78, 5) is 2.14. The Morgan fingerprint density at radius 3 is 1.08 bits per heavy atom. The molecule has 0 aromatic heterocycles. The maximum atomic E-state index is 13.7. The second-order valence-corrected chi connectivity index (χ2v) is 4.27. The molecule has 0 amide bonds. The summed E-state index contributed by atoms with van der Waals surface area (Å²) in [5.74, 6) is -29.3. The number of hydrogen-bond acceptors (Lipinski definition) is 1. The Morgan fingerprint density at radius 2 is 0.720 bits per heavy atom. The van der Waals surface area contributed by atoms with Gasteiger partial charge in [0.15, 0.2) is 46.5 Å². The number of hydrogen-bond donors (Lipinski definition) is 0. The van der Waals surface area contributed by atoms with Crippen molar-refractivity contribution in [3.63, 3.8) is 0 Å². The van der Waals surface area contributed by atoms with E-state index in [-0.39, 0.29) is 0 Å². The Morgan fingerprint density at radius 1 is 0.440 bits per heavy atom. The van der Waals surface area contributed by atoms with Crippen LogP contribution in [-0.2, 0) is 0 Å². The fourth-order valence-corrected chi connectivity index (χ4v) is 1.63. The standard InChI is InChI=1S/C13F11N/c14-2-1(3(15)5(17)6(18)4(2)16)13(24)25-12-10(22)8(20)7(19)9(21)11(12)23. The van der Waals surface area contributed by atoms with Gasteiger partial charge in [0, 0.05) is 0 Å². The van der Waals surface area contributed by atoms with Crippen molar-refractivity contribution < 1.29 is 48.3 Å². The fraction of sp³-hybridized carbons (Fsp3) is 0. The second kappa shape index (κ2) is 6.33. The van der Waals surface area contributed by atoms with Crippen LogP contribution >= 0.6 is 0 Å². The van der Waals surface area contributed by atoms with E-state index in [1.807, 2.05) is 0 Å². The SMILES string of the molecule is FC(=Nc1c(F)c(F)c(F)c(F)c1F)c1c(F)c(F)c(F)c(F)c1F. The van der Waals surface area contributed by atoms with Crippen LogP contribution in [0.4, 0.5) is 54.0 Å². The average molecular weight is 379 g/mol. The van der Waals surface area contributed by atoms with Gasteiger partial charge in [0.1, 0.15) is 11.3 Å². The van der Waals surface area contributed by atoms with Crippen LogP contribution in [0.2, 0.25) is 0 Å². The van der Waals surface area contributed by atoms with E-state index in [0.717, 1.165) is 0 Å². The minimum absolute atomic E-state index is 2.14. The van der Waals surface area contributed by atoms with Gasteiger partial charge in [-0.2, -0.15) is 4.39 Å². The average Bonchev–Trinajstić information content (AvgIpc) is 2.58. The molecule has 0 aliphatic carbocycles. The van der Waals surface area contributed by atoms with E-state index in [4.69, 9.17) is 0 Å². The number of aliphatic imine (C=N–C) groups is 1. The van der Waals surface area contributed by atoms with Gasteiger partial charge in [-0.15, -0.1) is 0 Å². The molecule has 2 rings (SSSR count). The van der Waals surface area contributed by atoms with Crippen LogP contribution in [-0.4, -0.2) is 5.97 Å². The summed E-state index contributed by atoms with van der Waals surface area (Å²) in [5.41, 5.74) is -4.57. The molecule has 0 radical (unpaired) electrons. The van der Waals surface area contributed by atoms with E-state index in [9.17, 15) is 48.3 Å². The Kier molecular flexibility index (Phi) is 4.73. The lowest BCUT2D eigenvalue weighted by Crippen LogP contribution is -2.11. The molecule has 0 aliphatic rings. The van der Waals surface area contributed by atoms with Crippen LogP contribution in [0.1, 0.15) is 5.56 Å². The van der Waals surface area contributed by atoms with Crippen molar-refractivity contribution in [3.8, 4) is 0 Å². The van der Waals surface area contributed by atoms with E-state index in [1.165, 1.54) is 0 Å². The highest BCUT2D eigenvalue weighted by atomic mass is 19.2. The molecule has 0 saturated carbocycles. The van der Waals surface area contributed by atoms with E-state index in [0.29, 0.717) is 0 Å². The van der Waals surface area contributed by atoms with Crippen molar-refractivity contribution in [2.24, 2.45) is 4.99 Å². The molecule has 25 heavy (non-hydrogen) atoms. The number of halogens is 11. The van der Waals surface area contributed by atoms with Crippen LogP contribution in [0.25, 0.3) is 0 Å². The molecule has 0 atom stereocenters. The summed E-state index contributed by atoms with van der Waals surface area (Å²) >= 11 is 0. The topological polar surface area (TPSA) is 12.4 Å². The van der Waals surface area contributed by atoms with Crippen LogP contribution in [0.15, 0.2) is 4.99 Å². The van der Waals surface area contributed by atoms with Crippen LogP contribution in [0, 0.1) is 58.2 Å². The van der Waals surface area contributed by atoms with Crippen molar-refractivity contribution in [3.05, 3.63) is 63.7 Å². The Bertz CT molecular complexity index is 861. The molecule has 2 aromatic rings. The Hall–Kier alpha value is -2.66. The first-order chi connectivity index (χ1) is 11.5. The van der Waals surface area contributed by atoms with E-state index in [1.54, 1.807) is 0 Å². The summed E-state index contributed by atoms with van der Waals surface area (Å²) < 4.78 is 144. The van der Waals surface area contributed by atoms with Gasteiger partial charge in [-0.3, -0.25) is 0 Å². The zero-order valence-electron chi connectivity index (χ0n) is 11.1. The van der Waals surface area contributed by atoms with Gasteiger partial charge < -0.3 is 0 Å². The number of benzene rings is 2. The predicted octanol–water partition coefficient (Wildman–Crippen LogP) is 5.13. The second-order valence-electron chi connectivity index (χ2n) is 4.27. The third-order valence-electron chi connectivity index (χ3n) is 2.81. The molecule has 134 valence electrons. The molecular formula is C13F11N. The normalized spacial score (nSPS) is 12.0. The third-order valence-corrected chi connectivity index (χ3v) is 2.81. The van der Waals surface area contributed by atoms with E-state index >= 15 is 0 Å². The lowest BCUT2D eigenvalue weighted by atomic mass is 10.1. The van der Waals surface area contributed by atoms with Gasteiger partial charge in [-0.1, -0.05) is 0 Å². The molecule has 0 unspecified atom stereocenters. The summed E-state index contributed by atoms with van der Waals surface area (Å²) in [6.07, 6.45) is 0. The largest absolute Gasteiger partial charge is 0.227 e. The smallest absolute Gasteiger partial charge is 0.213 e. The molecule has 0 N–H and O–H groups in total. The zero-order valence-corrected chi connectivity index (χ0v) is 11.1. The quantitative estimate of drug-likeness (QED) is 0.297. The van der Waals surface area contributed by atoms with Gasteiger partial charge in [0.25, 0.3) is 0 Å². The minimum atomic E-state index is -2.71. The first kappa shape index (κ1) is 18.7. The summed E-state index contributed by atoms with van der Waals surface area (Å²) in [7, 11) is 0. The van der Waals surface area contributed by atoms with E-state index in [2.05, 4.69) is 4.99 Å². The molecule has 12 heteroatoms.